The molecule has 0 aromatic heterocycles. The van der Waals surface area contributed by atoms with E-state index in [1.54, 1.807) is 0 Å². The maximum absolute atomic E-state index is 6.04. The number of nitrogens with two attached hydrogens (primary N) is 1. The lowest BCUT2D eigenvalue weighted by molar-refractivity contribution is 0.162. The molecule has 1 aliphatic heterocycles. The molecule has 3 rings (SSSR count). The van der Waals surface area contributed by atoms with Crippen molar-refractivity contribution in [1.29, 1.82) is 0 Å². The molecule has 2 heteroatoms. The van der Waals surface area contributed by atoms with Crippen molar-refractivity contribution in [2.24, 2.45) is 23.5 Å². The molecule has 15 heavy (non-hydrogen) atoms. The van der Waals surface area contributed by atoms with Crippen LogP contribution in [0, 0.1) is 17.8 Å². The summed E-state index contributed by atoms with van der Waals surface area (Å²) in [5.41, 5.74) is 6.04. The van der Waals surface area contributed by atoms with Gasteiger partial charge in [-0.15, -0.1) is 0 Å². The molecular formula is C13H24N2. The number of hydrogen-bond donors (Lipinski definition) is 1. The minimum atomic E-state index is 0.456. The Morgan fingerprint density at radius 2 is 1.73 bits per heavy atom. The molecule has 0 aromatic carbocycles. The van der Waals surface area contributed by atoms with Crippen LogP contribution in [0.3, 0.4) is 0 Å². The summed E-state index contributed by atoms with van der Waals surface area (Å²) >= 11 is 0. The lowest BCUT2D eigenvalue weighted by atomic mass is 9.95. The zero-order valence-corrected chi connectivity index (χ0v) is 9.70. The zero-order valence-electron chi connectivity index (χ0n) is 9.70. The van der Waals surface area contributed by atoms with Gasteiger partial charge in [0.15, 0.2) is 0 Å². The van der Waals surface area contributed by atoms with Crippen LogP contribution >= 0.6 is 0 Å². The highest BCUT2D eigenvalue weighted by Crippen LogP contribution is 2.49. The lowest BCUT2D eigenvalue weighted by Gasteiger charge is -2.33. The van der Waals surface area contributed by atoms with Gasteiger partial charge < -0.3 is 10.6 Å². The minimum absolute atomic E-state index is 0.456. The van der Waals surface area contributed by atoms with E-state index in [1.807, 2.05) is 0 Å². The molecule has 2 N–H and O–H groups in total. The first-order valence-electron chi connectivity index (χ1n) is 6.81. The fourth-order valence-electron chi connectivity index (χ4n) is 3.29. The van der Waals surface area contributed by atoms with Crippen LogP contribution in [0.1, 0.15) is 38.5 Å². The van der Waals surface area contributed by atoms with Crippen LogP contribution in [0.25, 0.3) is 0 Å². The number of likely N-dealkylation sites (tertiary alicyclic amines) is 1. The Bertz CT molecular complexity index is 209. The van der Waals surface area contributed by atoms with Crippen molar-refractivity contribution >= 4 is 0 Å². The highest BCUT2D eigenvalue weighted by molar-refractivity contribution is 4.93. The third-order valence-corrected chi connectivity index (χ3v) is 4.47. The van der Waals surface area contributed by atoms with E-state index in [-0.39, 0.29) is 0 Å². The Morgan fingerprint density at radius 1 is 1.07 bits per heavy atom. The number of piperidine rings is 1. The Morgan fingerprint density at radius 3 is 2.27 bits per heavy atom. The van der Waals surface area contributed by atoms with Crippen molar-refractivity contribution in [3.8, 4) is 0 Å². The minimum Gasteiger partial charge on any atom is -0.327 e. The van der Waals surface area contributed by atoms with Crippen molar-refractivity contribution in [3.63, 3.8) is 0 Å². The second-order valence-electron chi connectivity index (χ2n) is 6.00. The molecule has 0 aromatic rings. The third-order valence-electron chi connectivity index (χ3n) is 4.47. The topological polar surface area (TPSA) is 29.3 Å². The molecule has 1 atom stereocenters. The van der Waals surface area contributed by atoms with E-state index in [4.69, 9.17) is 5.73 Å². The van der Waals surface area contributed by atoms with Gasteiger partial charge >= 0.3 is 0 Å². The number of nitrogens with zero attached hydrogens (tertiary/aromatic N) is 1. The Kier molecular flexibility index (Phi) is 2.73. The summed E-state index contributed by atoms with van der Waals surface area (Å²) in [6.45, 7) is 3.84. The van der Waals surface area contributed by atoms with Gasteiger partial charge in [0.25, 0.3) is 0 Å². The van der Waals surface area contributed by atoms with Crippen LogP contribution in [-0.4, -0.2) is 30.6 Å². The van der Waals surface area contributed by atoms with Crippen molar-refractivity contribution < 1.29 is 0 Å². The standard InChI is InChI=1S/C13H24N2/c14-12-2-1-7-15(8-12)9-13(10-3-4-10)11-5-6-11/h10-13H,1-9,14H2. The summed E-state index contributed by atoms with van der Waals surface area (Å²) in [5, 5.41) is 0. The summed E-state index contributed by atoms with van der Waals surface area (Å²) in [4.78, 5) is 2.65. The van der Waals surface area contributed by atoms with E-state index in [9.17, 15) is 0 Å². The van der Waals surface area contributed by atoms with Crippen molar-refractivity contribution in [1.82, 2.24) is 4.90 Å². The Labute approximate surface area is 93.2 Å². The normalized spacial score (nSPS) is 33.6. The first kappa shape index (κ1) is 10.1. The van der Waals surface area contributed by atoms with E-state index in [0.29, 0.717) is 6.04 Å². The van der Waals surface area contributed by atoms with Gasteiger partial charge in [-0.2, -0.15) is 0 Å². The third kappa shape index (κ3) is 2.54. The summed E-state index contributed by atoms with van der Waals surface area (Å²) in [6, 6.07) is 0.456. The highest BCUT2D eigenvalue weighted by atomic mass is 15.1. The van der Waals surface area contributed by atoms with Crippen molar-refractivity contribution in [2.75, 3.05) is 19.6 Å². The molecule has 86 valence electrons. The number of rotatable bonds is 4. The van der Waals surface area contributed by atoms with Crippen molar-refractivity contribution in [3.05, 3.63) is 0 Å². The molecule has 1 saturated heterocycles. The van der Waals surface area contributed by atoms with E-state index in [0.717, 1.165) is 24.3 Å². The molecule has 0 amide bonds. The van der Waals surface area contributed by atoms with Crippen LogP contribution < -0.4 is 5.73 Å². The highest BCUT2D eigenvalue weighted by Gasteiger charge is 2.42. The zero-order chi connectivity index (χ0) is 10.3. The van der Waals surface area contributed by atoms with Gasteiger partial charge in [0.2, 0.25) is 0 Å². The second-order valence-corrected chi connectivity index (χ2v) is 6.00. The van der Waals surface area contributed by atoms with Gasteiger partial charge in [0.05, 0.1) is 0 Å². The summed E-state index contributed by atoms with van der Waals surface area (Å²) < 4.78 is 0. The first-order chi connectivity index (χ1) is 7.33. The quantitative estimate of drug-likeness (QED) is 0.764. The van der Waals surface area contributed by atoms with Gasteiger partial charge in [-0.1, -0.05) is 0 Å². The SMILES string of the molecule is NC1CCCN(CC(C2CC2)C2CC2)C1. The van der Waals surface area contributed by atoms with Crippen LogP contribution in [0.4, 0.5) is 0 Å². The van der Waals surface area contributed by atoms with E-state index in [2.05, 4.69) is 4.90 Å². The molecule has 2 nitrogen and oxygen atoms in total. The van der Waals surface area contributed by atoms with Gasteiger partial charge in [-0.05, 0) is 62.8 Å². The predicted octanol–water partition coefficient (Wildman–Crippen LogP) is 1.85. The van der Waals surface area contributed by atoms with Gasteiger partial charge in [-0.3, -0.25) is 0 Å². The summed E-state index contributed by atoms with van der Waals surface area (Å²) in [5.74, 6) is 3.22. The Balaban J connectivity index is 1.53. The molecule has 0 spiro atoms. The van der Waals surface area contributed by atoms with Crippen LogP contribution in [0.15, 0.2) is 0 Å². The molecule has 0 bridgehead atoms. The first-order valence-corrected chi connectivity index (χ1v) is 6.81. The number of hydrogen-bond acceptors (Lipinski definition) is 2. The monoisotopic (exact) mass is 208 g/mol. The van der Waals surface area contributed by atoms with Crippen LogP contribution in [-0.2, 0) is 0 Å². The predicted molar refractivity (Wildman–Crippen MR) is 62.6 cm³/mol. The van der Waals surface area contributed by atoms with Crippen molar-refractivity contribution in [2.45, 2.75) is 44.6 Å². The fraction of sp³-hybridized carbons (Fsp3) is 1.00. The Hall–Kier alpha value is -0.0800. The van der Waals surface area contributed by atoms with E-state index < -0.39 is 0 Å². The summed E-state index contributed by atoms with van der Waals surface area (Å²) in [7, 11) is 0. The fourth-order valence-corrected chi connectivity index (χ4v) is 3.29. The molecule has 3 fully saturated rings. The maximum Gasteiger partial charge on any atom is 0.0168 e. The molecule has 0 radical (unpaired) electrons. The van der Waals surface area contributed by atoms with Crippen LogP contribution in [0.5, 0.6) is 0 Å². The van der Waals surface area contributed by atoms with E-state index in [1.165, 1.54) is 51.6 Å². The average molecular weight is 208 g/mol. The van der Waals surface area contributed by atoms with Gasteiger partial charge in [0.1, 0.15) is 0 Å². The molecule has 1 heterocycles. The van der Waals surface area contributed by atoms with Gasteiger partial charge in [0, 0.05) is 19.1 Å². The molecule has 3 aliphatic rings. The maximum atomic E-state index is 6.04. The molecule has 2 aliphatic carbocycles. The average Bonchev–Trinajstić information content (AvgIpc) is 3.07. The molecule has 2 saturated carbocycles. The second kappa shape index (κ2) is 4.06. The summed E-state index contributed by atoms with van der Waals surface area (Å²) in [6.07, 6.45) is 8.63. The molecule has 1 unspecified atom stereocenters. The van der Waals surface area contributed by atoms with E-state index >= 15 is 0 Å². The largest absolute Gasteiger partial charge is 0.327 e. The lowest BCUT2D eigenvalue weighted by Crippen LogP contribution is -2.45. The smallest absolute Gasteiger partial charge is 0.0168 e. The van der Waals surface area contributed by atoms with Crippen LogP contribution in [0.2, 0.25) is 0 Å². The van der Waals surface area contributed by atoms with Gasteiger partial charge in [-0.25, -0.2) is 0 Å². The molecular weight excluding hydrogens is 184 g/mol.